The summed E-state index contributed by atoms with van der Waals surface area (Å²) in [6.45, 7) is 0. The van der Waals surface area contributed by atoms with Crippen LogP contribution in [0, 0.1) is 11.3 Å². The highest BCUT2D eigenvalue weighted by Crippen LogP contribution is 2.35. The molecular weight excluding hydrogens is 225 g/mol. The SMILES string of the molecule is N#CC1(I)CCCCC1. The zero-order valence-corrected chi connectivity index (χ0v) is 7.52. The predicted molar refractivity (Wildman–Crippen MR) is 45.4 cm³/mol. The van der Waals surface area contributed by atoms with Crippen molar-refractivity contribution in [1.82, 2.24) is 0 Å². The Hall–Kier alpha value is 0.220. The van der Waals surface area contributed by atoms with E-state index >= 15 is 0 Å². The number of nitriles is 1. The van der Waals surface area contributed by atoms with E-state index in [1.54, 1.807) is 0 Å². The quantitative estimate of drug-likeness (QED) is 0.467. The van der Waals surface area contributed by atoms with Crippen LogP contribution in [0.1, 0.15) is 32.1 Å². The van der Waals surface area contributed by atoms with Gasteiger partial charge in [0.1, 0.15) is 3.42 Å². The zero-order chi connectivity index (χ0) is 6.74. The Bertz CT molecular complexity index is 130. The van der Waals surface area contributed by atoms with Gasteiger partial charge in [-0.2, -0.15) is 5.26 Å². The number of hydrogen-bond acceptors (Lipinski definition) is 1. The van der Waals surface area contributed by atoms with Crippen LogP contribution in [0.5, 0.6) is 0 Å². The number of alkyl halides is 1. The van der Waals surface area contributed by atoms with Crippen LogP contribution in [-0.4, -0.2) is 3.42 Å². The first-order valence-corrected chi connectivity index (χ1v) is 4.45. The molecule has 0 aromatic heterocycles. The molecule has 2 heteroatoms. The first-order chi connectivity index (χ1) is 4.27. The van der Waals surface area contributed by atoms with Crippen molar-refractivity contribution in [2.45, 2.75) is 35.5 Å². The molecule has 0 saturated heterocycles. The van der Waals surface area contributed by atoms with Gasteiger partial charge in [-0.25, -0.2) is 0 Å². The second-order valence-electron chi connectivity index (χ2n) is 2.64. The second kappa shape index (κ2) is 2.87. The van der Waals surface area contributed by atoms with Crippen molar-refractivity contribution in [3.63, 3.8) is 0 Å². The first kappa shape index (κ1) is 7.33. The van der Waals surface area contributed by atoms with Crippen LogP contribution in [0.15, 0.2) is 0 Å². The Labute approximate surface area is 69.6 Å². The molecule has 1 aliphatic carbocycles. The lowest BCUT2D eigenvalue weighted by atomic mass is 9.90. The summed E-state index contributed by atoms with van der Waals surface area (Å²) in [6.07, 6.45) is 6.02. The lowest BCUT2D eigenvalue weighted by Gasteiger charge is -2.23. The molecule has 1 fully saturated rings. The van der Waals surface area contributed by atoms with E-state index in [1.807, 2.05) is 0 Å². The zero-order valence-electron chi connectivity index (χ0n) is 5.36. The van der Waals surface area contributed by atoms with E-state index in [9.17, 15) is 0 Å². The molecule has 9 heavy (non-hydrogen) atoms. The highest BCUT2D eigenvalue weighted by molar-refractivity contribution is 14.1. The number of nitrogens with zero attached hydrogens (tertiary/aromatic N) is 1. The van der Waals surface area contributed by atoms with Crippen molar-refractivity contribution in [2.75, 3.05) is 0 Å². The normalized spacial score (nSPS) is 24.9. The summed E-state index contributed by atoms with van der Waals surface area (Å²) in [6, 6.07) is 2.37. The van der Waals surface area contributed by atoms with Gasteiger partial charge in [0.2, 0.25) is 0 Å². The monoisotopic (exact) mass is 235 g/mol. The summed E-state index contributed by atoms with van der Waals surface area (Å²) in [7, 11) is 0. The van der Waals surface area contributed by atoms with Crippen LogP contribution in [0.4, 0.5) is 0 Å². The smallest absolute Gasteiger partial charge is 0.108 e. The average Bonchev–Trinajstić information content (AvgIpc) is 1.90. The minimum absolute atomic E-state index is 0.00396. The number of rotatable bonds is 0. The summed E-state index contributed by atoms with van der Waals surface area (Å²) >= 11 is 2.29. The molecule has 0 aromatic rings. The number of halogens is 1. The fraction of sp³-hybridized carbons (Fsp3) is 0.857. The second-order valence-corrected chi connectivity index (χ2v) is 4.70. The molecule has 1 nitrogen and oxygen atoms in total. The highest BCUT2D eigenvalue weighted by Gasteiger charge is 2.27. The van der Waals surface area contributed by atoms with Crippen molar-refractivity contribution in [3.8, 4) is 6.07 Å². The minimum atomic E-state index is -0.00396. The average molecular weight is 235 g/mol. The van der Waals surface area contributed by atoms with Gasteiger partial charge in [-0.3, -0.25) is 0 Å². The van der Waals surface area contributed by atoms with Crippen LogP contribution in [0.25, 0.3) is 0 Å². The van der Waals surface area contributed by atoms with Crippen molar-refractivity contribution in [2.24, 2.45) is 0 Å². The van der Waals surface area contributed by atoms with E-state index in [1.165, 1.54) is 19.3 Å². The van der Waals surface area contributed by atoms with Crippen LogP contribution in [0.2, 0.25) is 0 Å². The highest BCUT2D eigenvalue weighted by atomic mass is 127. The van der Waals surface area contributed by atoms with E-state index in [2.05, 4.69) is 28.7 Å². The van der Waals surface area contributed by atoms with Crippen molar-refractivity contribution in [3.05, 3.63) is 0 Å². The molecule has 0 N–H and O–H groups in total. The minimum Gasteiger partial charge on any atom is -0.197 e. The first-order valence-electron chi connectivity index (χ1n) is 3.37. The molecule has 0 unspecified atom stereocenters. The Balaban J connectivity index is 2.49. The van der Waals surface area contributed by atoms with Gasteiger partial charge in [-0.15, -0.1) is 0 Å². The molecule has 0 bridgehead atoms. The van der Waals surface area contributed by atoms with E-state index in [0.29, 0.717) is 0 Å². The molecular formula is C7H10IN. The molecule has 0 aliphatic heterocycles. The molecule has 0 aromatic carbocycles. The lowest BCUT2D eigenvalue weighted by molar-refractivity contribution is 0.475. The van der Waals surface area contributed by atoms with Crippen molar-refractivity contribution < 1.29 is 0 Å². The van der Waals surface area contributed by atoms with Gasteiger partial charge in [-0.1, -0.05) is 41.9 Å². The summed E-state index contributed by atoms with van der Waals surface area (Å²) in [5.41, 5.74) is 0. The fourth-order valence-electron chi connectivity index (χ4n) is 1.22. The molecule has 50 valence electrons. The Morgan fingerprint density at radius 3 is 2.11 bits per heavy atom. The maximum absolute atomic E-state index is 8.69. The van der Waals surface area contributed by atoms with Gasteiger partial charge in [0, 0.05) is 0 Å². The Morgan fingerprint density at radius 1 is 1.22 bits per heavy atom. The van der Waals surface area contributed by atoms with Gasteiger partial charge < -0.3 is 0 Å². The molecule has 0 atom stereocenters. The number of hydrogen-bond donors (Lipinski definition) is 0. The summed E-state index contributed by atoms with van der Waals surface area (Å²) < 4.78 is -0.00396. The third-order valence-corrected chi connectivity index (χ3v) is 3.17. The van der Waals surface area contributed by atoms with Crippen molar-refractivity contribution in [1.29, 1.82) is 5.26 Å². The molecule has 0 radical (unpaired) electrons. The Morgan fingerprint density at radius 2 is 1.78 bits per heavy atom. The van der Waals surface area contributed by atoms with E-state index < -0.39 is 0 Å². The van der Waals surface area contributed by atoms with E-state index in [0.717, 1.165) is 12.8 Å². The predicted octanol–water partition coefficient (Wildman–Crippen LogP) is 2.65. The molecule has 1 saturated carbocycles. The van der Waals surface area contributed by atoms with Gasteiger partial charge in [0.05, 0.1) is 6.07 Å². The van der Waals surface area contributed by atoms with Gasteiger partial charge in [0.15, 0.2) is 0 Å². The molecule has 0 heterocycles. The van der Waals surface area contributed by atoms with Crippen LogP contribution in [-0.2, 0) is 0 Å². The lowest BCUT2D eigenvalue weighted by Crippen LogP contribution is -2.20. The van der Waals surface area contributed by atoms with E-state index in [-0.39, 0.29) is 3.42 Å². The third-order valence-electron chi connectivity index (χ3n) is 1.85. The topological polar surface area (TPSA) is 23.8 Å². The van der Waals surface area contributed by atoms with Crippen LogP contribution >= 0.6 is 22.6 Å². The molecule has 1 aliphatic rings. The van der Waals surface area contributed by atoms with Gasteiger partial charge in [0.25, 0.3) is 0 Å². The molecule has 0 spiro atoms. The largest absolute Gasteiger partial charge is 0.197 e. The van der Waals surface area contributed by atoms with Crippen LogP contribution in [0.3, 0.4) is 0 Å². The molecule has 1 rings (SSSR count). The fourth-order valence-corrected chi connectivity index (χ4v) is 1.99. The molecule has 0 amide bonds. The standard InChI is InChI=1S/C7H10IN/c8-7(6-9)4-2-1-3-5-7/h1-5H2. The van der Waals surface area contributed by atoms with Gasteiger partial charge >= 0.3 is 0 Å². The summed E-state index contributed by atoms with van der Waals surface area (Å²) in [5.74, 6) is 0. The van der Waals surface area contributed by atoms with Gasteiger partial charge in [-0.05, 0) is 12.8 Å². The Kier molecular flexibility index (Phi) is 2.34. The maximum atomic E-state index is 8.69. The van der Waals surface area contributed by atoms with Crippen LogP contribution < -0.4 is 0 Å². The van der Waals surface area contributed by atoms with Crippen molar-refractivity contribution >= 4 is 22.6 Å². The third kappa shape index (κ3) is 1.82. The summed E-state index contributed by atoms with van der Waals surface area (Å²) in [4.78, 5) is 0. The van der Waals surface area contributed by atoms with E-state index in [4.69, 9.17) is 5.26 Å². The maximum Gasteiger partial charge on any atom is 0.108 e. The summed E-state index contributed by atoms with van der Waals surface area (Å²) in [5, 5.41) is 8.69.